The fraction of sp³-hybridized carbons (Fsp3) is 0.333. The zero-order valence-corrected chi connectivity index (χ0v) is 15.6. The second-order valence-electron chi connectivity index (χ2n) is 5.97. The van der Waals surface area contributed by atoms with Crippen LogP contribution in [-0.4, -0.2) is 46.8 Å². The van der Waals surface area contributed by atoms with Gasteiger partial charge in [-0.3, -0.25) is 14.4 Å². The number of rotatable bonds is 6. The quantitative estimate of drug-likeness (QED) is 0.784. The number of ether oxygens (including phenoxy) is 1. The standard InChI is InChI=1S/C18H20N4O4S/c1-2-26-13-8-4-3-6-11(13)17(25)22-9-5-7-12(22)16(24)21-18-20-10-14(27-18)15(19)23/h3-4,6,8,10,12H,2,5,7,9H2,1H3,(H2,19,23)(H,20,21,24). The molecular weight excluding hydrogens is 368 g/mol. The average Bonchev–Trinajstić information content (AvgIpc) is 3.31. The normalized spacial score (nSPS) is 16.2. The summed E-state index contributed by atoms with van der Waals surface area (Å²) in [5, 5.41) is 2.95. The number of carbonyl (C=O) groups excluding carboxylic acids is 3. The Morgan fingerprint density at radius 2 is 2.15 bits per heavy atom. The van der Waals surface area contributed by atoms with Gasteiger partial charge in [-0.25, -0.2) is 4.98 Å². The van der Waals surface area contributed by atoms with Crippen LogP contribution in [0.3, 0.4) is 0 Å². The second kappa shape index (κ2) is 8.17. The van der Waals surface area contributed by atoms with Gasteiger partial charge in [0.15, 0.2) is 5.13 Å². The molecule has 0 aliphatic carbocycles. The van der Waals surface area contributed by atoms with Crippen molar-refractivity contribution in [3.05, 3.63) is 40.9 Å². The van der Waals surface area contributed by atoms with E-state index in [1.54, 1.807) is 29.2 Å². The zero-order valence-electron chi connectivity index (χ0n) is 14.8. The van der Waals surface area contributed by atoms with E-state index in [9.17, 15) is 14.4 Å². The summed E-state index contributed by atoms with van der Waals surface area (Å²) >= 11 is 1.00. The molecule has 0 radical (unpaired) electrons. The van der Waals surface area contributed by atoms with Crippen molar-refractivity contribution in [1.29, 1.82) is 0 Å². The molecule has 1 atom stereocenters. The molecule has 1 aromatic heterocycles. The fourth-order valence-electron chi connectivity index (χ4n) is 3.00. The van der Waals surface area contributed by atoms with Crippen LogP contribution in [0.2, 0.25) is 0 Å². The lowest BCUT2D eigenvalue weighted by Gasteiger charge is -2.24. The van der Waals surface area contributed by atoms with Gasteiger partial charge in [0.2, 0.25) is 5.91 Å². The molecule has 1 aliphatic rings. The summed E-state index contributed by atoms with van der Waals surface area (Å²) in [6, 6.07) is 6.40. The van der Waals surface area contributed by atoms with Crippen molar-refractivity contribution in [3.63, 3.8) is 0 Å². The van der Waals surface area contributed by atoms with Crippen molar-refractivity contribution in [3.8, 4) is 5.75 Å². The Labute approximate surface area is 160 Å². The number of carbonyl (C=O) groups is 3. The van der Waals surface area contributed by atoms with Crippen LogP contribution in [0, 0.1) is 0 Å². The number of likely N-dealkylation sites (tertiary alicyclic amines) is 1. The third-order valence-corrected chi connectivity index (χ3v) is 5.14. The van der Waals surface area contributed by atoms with Gasteiger partial charge in [-0.05, 0) is 31.9 Å². The van der Waals surface area contributed by atoms with Crippen LogP contribution >= 0.6 is 11.3 Å². The van der Waals surface area contributed by atoms with Gasteiger partial charge in [-0.15, -0.1) is 0 Å². The number of hydrogen-bond acceptors (Lipinski definition) is 6. The number of anilines is 1. The molecular formula is C18H20N4O4S. The average molecular weight is 388 g/mol. The summed E-state index contributed by atoms with van der Waals surface area (Å²) in [4.78, 5) is 42.6. The van der Waals surface area contributed by atoms with Crippen LogP contribution < -0.4 is 15.8 Å². The summed E-state index contributed by atoms with van der Waals surface area (Å²) in [5.74, 6) is -0.672. The zero-order chi connectivity index (χ0) is 19.4. The molecule has 1 aliphatic heterocycles. The molecule has 0 spiro atoms. The van der Waals surface area contributed by atoms with Crippen molar-refractivity contribution < 1.29 is 19.1 Å². The molecule has 1 saturated heterocycles. The minimum Gasteiger partial charge on any atom is -0.493 e. The Morgan fingerprint density at radius 1 is 1.37 bits per heavy atom. The van der Waals surface area contributed by atoms with Gasteiger partial charge >= 0.3 is 0 Å². The summed E-state index contributed by atoms with van der Waals surface area (Å²) < 4.78 is 5.53. The maximum atomic E-state index is 13.0. The number of benzene rings is 1. The van der Waals surface area contributed by atoms with Gasteiger partial charge in [0.1, 0.15) is 16.7 Å². The number of thiazole rings is 1. The third-order valence-electron chi connectivity index (χ3n) is 4.21. The van der Waals surface area contributed by atoms with E-state index in [-0.39, 0.29) is 21.8 Å². The maximum Gasteiger partial charge on any atom is 0.260 e. The summed E-state index contributed by atoms with van der Waals surface area (Å²) in [5.41, 5.74) is 5.63. The Morgan fingerprint density at radius 3 is 2.85 bits per heavy atom. The van der Waals surface area contributed by atoms with E-state index in [0.29, 0.717) is 30.9 Å². The molecule has 142 valence electrons. The van der Waals surface area contributed by atoms with Crippen LogP contribution in [0.25, 0.3) is 0 Å². The molecule has 3 rings (SSSR count). The number of para-hydroxylation sites is 1. The predicted octanol–water partition coefficient (Wildman–Crippen LogP) is 1.88. The highest BCUT2D eigenvalue weighted by Crippen LogP contribution is 2.26. The number of nitrogens with zero attached hydrogens (tertiary/aromatic N) is 2. The highest BCUT2D eigenvalue weighted by molar-refractivity contribution is 7.17. The van der Waals surface area contributed by atoms with Gasteiger partial charge in [-0.2, -0.15) is 0 Å². The molecule has 3 amide bonds. The highest BCUT2D eigenvalue weighted by atomic mass is 32.1. The Hall–Kier alpha value is -2.94. The van der Waals surface area contributed by atoms with Crippen LogP contribution in [0.15, 0.2) is 30.5 Å². The predicted molar refractivity (Wildman–Crippen MR) is 101 cm³/mol. The van der Waals surface area contributed by atoms with E-state index in [4.69, 9.17) is 10.5 Å². The highest BCUT2D eigenvalue weighted by Gasteiger charge is 2.35. The molecule has 1 fully saturated rings. The number of amides is 3. The number of aromatic nitrogens is 1. The van der Waals surface area contributed by atoms with Gasteiger partial charge in [0, 0.05) is 6.54 Å². The van der Waals surface area contributed by atoms with Gasteiger partial charge in [0.25, 0.3) is 11.8 Å². The minimum atomic E-state index is -0.604. The van der Waals surface area contributed by atoms with E-state index in [1.165, 1.54) is 6.20 Å². The van der Waals surface area contributed by atoms with E-state index in [1.807, 2.05) is 6.92 Å². The summed E-state index contributed by atoms with van der Waals surface area (Å²) in [7, 11) is 0. The Balaban J connectivity index is 1.75. The van der Waals surface area contributed by atoms with Crippen molar-refractivity contribution in [2.45, 2.75) is 25.8 Å². The van der Waals surface area contributed by atoms with Crippen LogP contribution in [0.1, 0.15) is 39.8 Å². The number of nitrogens with one attached hydrogen (secondary N) is 1. The van der Waals surface area contributed by atoms with E-state index >= 15 is 0 Å². The Kier molecular flexibility index (Phi) is 5.70. The molecule has 3 N–H and O–H groups in total. The minimum absolute atomic E-state index is 0.242. The van der Waals surface area contributed by atoms with Crippen LogP contribution in [0.5, 0.6) is 5.75 Å². The SMILES string of the molecule is CCOc1ccccc1C(=O)N1CCCC1C(=O)Nc1ncc(C(N)=O)s1. The van der Waals surface area contributed by atoms with Crippen LogP contribution in [-0.2, 0) is 4.79 Å². The molecule has 0 bridgehead atoms. The first-order valence-corrected chi connectivity index (χ1v) is 9.42. The van der Waals surface area contributed by atoms with Crippen molar-refractivity contribution in [2.75, 3.05) is 18.5 Å². The molecule has 27 heavy (non-hydrogen) atoms. The lowest BCUT2D eigenvalue weighted by atomic mass is 10.1. The largest absolute Gasteiger partial charge is 0.493 e. The summed E-state index contributed by atoms with van der Waals surface area (Å²) in [6.07, 6.45) is 2.60. The molecule has 8 nitrogen and oxygen atoms in total. The van der Waals surface area contributed by atoms with Gasteiger partial charge in [-0.1, -0.05) is 23.5 Å². The van der Waals surface area contributed by atoms with Crippen molar-refractivity contribution in [2.24, 2.45) is 5.73 Å². The maximum absolute atomic E-state index is 13.0. The van der Waals surface area contributed by atoms with Gasteiger partial charge < -0.3 is 20.7 Å². The Bertz CT molecular complexity index is 867. The molecule has 2 heterocycles. The molecule has 9 heteroatoms. The first kappa shape index (κ1) is 18.8. The number of nitrogens with two attached hydrogens (primary N) is 1. The summed E-state index contributed by atoms with van der Waals surface area (Å²) in [6.45, 7) is 2.78. The molecule has 2 aromatic rings. The molecule has 1 unspecified atom stereocenters. The second-order valence-corrected chi connectivity index (χ2v) is 7.00. The third kappa shape index (κ3) is 4.08. The topological polar surface area (TPSA) is 115 Å². The van der Waals surface area contributed by atoms with Gasteiger partial charge in [0.05, 0.1) is 18.4 Å². The number of primary amides is 1. The molecule has 1 aromatic carbocycles. The fourth-order valence-corrected chi connectivity index (χ4v) is 3.67. The lowest BCUT2D eigenvalue weighted by molar-refractivity contribution is -0.119. The number of hydrogen-bond donors (Lipinski definition) is 2. The first-order valence-electron chi connectivity index (χ1n) is 8.60. The lowest BCUT2D eigenvalue weighted by Crippen LogP contribution is -2.43. The van der Waals surface area contributed by atoms with Crippen molar-refractivity contribution >= 4 is 34.2 Å². The smallest absolute Gasteiger partial charge is 0.260 e. The van der Waals surface area contributed by atoms with Crippen molar-refractivity contribution in [1.82, 2.24) is 9.88 Å². The molecule has 0 saturated carbocycles. The van der Waals surface area contributed by atoms with E-state index < -0.39 is 11.9 Å². The van der Waals surface area contributed by atoms with E-state index in [2.05, 4.69) is 10.3 Å². The van der Waals surface area contributed by atoms with Crippen LogP contribution in [0.4, 0.5) is 5.13 Å². The monoisotopic (exact) mass is 388 g/mol. The first-order chi connectivity index (χ1) is 13.0. The van der Waals surface area contributed by atoms with E-state index in [0.717, 1.165) is 17.8 Å².